The Morgan fingerprint density at radius 2 is 1.77 bits per heavy atom. The van der Waals surface area contributed by atoms with E-state index in [9.17, 15) is 8.42 Å². The molecule has 0 bridgehead atoms. The summed E-state index contributed by atoms with van der Waals surface area (Å²) in [6.07, 6.45) is 1.59. The number of rotatable bonds is 6. The van der Waals surface area contributed by atoms with E-state index in [1.165, 1.54) is 24.6 Å². The zero-order chi connectivity index (χ0) is 21.1. The Morgan fingerprint density at radius 3 is 2.37 bits per heavy atom. The molecule has 9 nitrogen and oxygen atoms in total. The highest BCUT2D eigenvalue weighted by atomic mass is 32.2. The summed E-state index contributed by atoms with van der Waals surface area (Å²) in [5.74, 6) is 2.09. The van der Waals surface area contributed by atoms with Gasteiger partial charge in [0.25, 0.3) is 0 Å². The van der Waals surface area contributed by atoms with E-state index in [1.54, 1.807) is 24.5 Å². The van der Waals surface area contributed by atoms with Crippen LogP contribution in [0.1, 0.15) is 0 Å². The molecule has 4 rings (SSSR count). The molecular formula is C20H22N4O5S. The Hall–Kier alpha value is -3.11. The number of hydrogen-bond acceptors (Lipinski definition) is 8. The van der Waals surface area contributed by atoms with E-state index in [0.717, 1.165) is 0 Å². The molecule has 0 N–H and O–H groups in total. The van der Waals surface area contributed by atoms with Gasteiger partial charge in [0.15, 0.2) is 11.6 Å². The second-order valence-corrected chi connectivity index (χ2v) is 8.57. The van der Waals surface area contributed by atoms with Crippen molar-refractivity contribution in [2.75, 3.05) is 45.3 Å². The Morgan fingerprint density at radius 1 is 0.967 bits per heavy atom. The van der Waals surface area contributed by atoms with Crippen molar-refractivity contribution >= 4 is 15.8 Å². The zero-order valence-electron chi connectivity index (χ0n) is 16.7. The average molecular weight is 430 g/mol. The average Bonchev–Trinajstić information content (AvgIpc) is 3.34. The lowest BCUT2D eigenvalue weighted by Crippen LogP contribution is -2.49. The van der Waals surface area contributed by atoms with Crippen LogP contribution in [0.25, 0.3) is 11.5 Å². The van der Waals surface area contributed by atoms with E-state index in [4.69, 9.17) is 13.9 Å². The smallest absolute Gasteiger partial charge is 0.247 e. The number of sulfonamides is 1. The Kier molecular flexibility index (Phi) is 5.60. The molecule has 10 heteroatoms. The van der Waals surface area contributed by atoms with Gasteiger partial charge in [-0.1, -0.05) is 0 Å². The topological polar surface area (TPSA) is 98.0 Å². The quantitative estimate of drug-likeness (QED) is 0.587. The molecule has 0 saturated carbocycles. The first-order valence-corrected chi connectivity index (χ1v) is 10.8. The van der Waals surface area contributed by atoms with Gasteiger partial charge in [-0.15, -0.1) is 10.2 Å². The van der Waals surface area contributed by atoms with Crippen molar-refractivity contribution in [2.45, 2.75) is 4.90 Å². The maximum Gasteiger partial charge on any atom is 0.247 e. The number of methoxy groups -OCH3 is 2. The van der Waals surface area contributed by atoms with Crippen molar-refractivity contribution in [3.8, 4) is 23.0 Å². The Balaban J connectivity index is 1.48. The summed E-state index contributed by atoms with van der Waals surface area (Å²) in [4.78, 5) is 2.11. The number of ether oxygens (including phenoxy) is 2. The summed E-state index contributed by atoms with van der Waals surface area (Å²) in [7, 11) is -0.783. The molecule has 3 aromatic rings. The van der Waals surface area contributed by atoms with Crippen molar-refractivity contribution in [3.05, 3.63) is 48.7 Å². The number of hydrogen-bond donors (Lipinski definition) is 0. The predicted molar refractivity (Wildman–Crippen MR) is 110 cm³/mol. The molecule has 0 amide bonds. The lowest BCUT2D eigenvalue weighted by molar-refractivity contribution is 0.370. The van der Waals surface area contributed by atoms with Crippen molar-refractivity contribution in [1.29, 1.82) is 0 Å². The minimum atomic E-state index is -3.73. The monoisotopic (exact) mass is 430 g/mol. The third-order valence-electron chi connectivity index (χ3n) is 4.98. The van der Waals surface area contributed by atoms with Crippen LogP contribution in [0.4, 0.5) is 5.82 Å². The van der Waals surface area contributed by atoms with Gasteiger partial charge in [0.2, 0.25) is 10.0 Å². The van der Waals surface area contributed by atoms with Crippen molar-refractivity contribution in [1.82, 2.24) is 14.5 Å². The lowest BCUT2D eigenvalue weighted by atomic mass is 10.3. The second kappa shape index (κ2) is 8.33. The molecular weight excluding hydrogens is 408 g/mol. The number of benzene rings is 1. The van der Waals surface area contributed by atoms with Gasteiger partial charge in [0, 0.05) is 32.2 Å². The second-order valence-electron chi connectivity index (χ2n) is 6.66. The van der Waals surface area contributed by atoms with Crippen LogP contribution in [0.5, 0.6) is 11.5 Å². The van der Waals surface area contributed by atoms with Crippen LogP contribution in [0.2, 0.25) is 0 Å². The van der Waals surface area contributed by atoms with Crippen molar-refractivity contribution in [2.24, 2.45) is 0 Å². The summed E-state index contributed by atoms with van der Waals surface area (Å²) >= 11 is 0. The fourth-order valence-corrected chi connectivity index (χ4v) is 4.92. The van der Waals surface area contributed by atoms with Gasteiger partial charge in [0.1, 0.15) is 22.1 Å². The van der Waals surface area contributed by atoms with E-state index >= 15 is 0 Å². The van der Waals surface area contributed by atoms with E-state index in [1.807, 2.05) is 23.1 Å². The summed E-state index contributed by atoms with van der Waals surface area (Å²) in [5, 5.41) is 8.47. The van der Waals surface area contributed by atoms with E-state index in [2.05, 4.69) is 10.2 Å². The Bertz CT molecular complexity index is 1090. The molecule has 0 radical (unpaired) electrons. The normalized spacial score (nSPS) is 15.2. The third-order valence-corrected chi connectivity index (χ3v) is 6.90. The first-order valence-electron chi connectivity index (χ1n) is 9.37. The highest BCUT2D eigenvalue weighted by Crippen LogP contribution is 2.31. The molecule has 158 valence electrons. The first-order chi connectivity index (χ1) is 14.5. The molecule has 30 heavy (non-hydrogen) atoms. The summed E-state index contributed by atoms with van der Waals surface area (Å²) in [5.41, 5.74) is 0.648. The van der Waals surface area contributed by atoms with E-state index in [0.29, 0.717) is 49.2 Å². The molecule has 2 aromatic heterocycles. The molecule has 0 unspecified atom stereocenters. The van der Waals surface area contributed by atoms with Crippen molar-refractivity contribution in [3.63, 3.8) is 0 Å². The van der Waals surface area contributed by atoms with Crippen LogP contribution in [-0.2, 0) is 10.0 Å². The van der Waals surface area contributed by atoms with Gasteiger partial charge in [-0.05, 0) is 36.4 Å². The first kappa shape index (κ1) is 20.2. The largest absolute Gasteiger partial charge is 0.497 e. The molecule has 0 spiro atoms. The summed E-state index contributed by atoms with van der Waals surface area (Å²) in [6.45, 7) is 1.65. The van der Waals surface area contributed by atoms with Crippen LogP contribution in [-0.4, -0.2) is 63.3 Å². The van der Waals surface area contributed by atoms with E-state index in [-0.39, 0.29) is 10.6 Å². The fraction of sp³-hybridized carbons (Fsp3) is 0.300. The molecule has 1 aliphatic heterocycles. The van der Waals surface area contributed by atoms with Crippen LogP contribution < -0.4 is 14.4 Å². The Labute approximate surface area is 174 Å². The number of furan rings is 1. The predicted octanol–water partition coefficient (Wildman–Crippen LogP) is 2.26. The van der Waals surface area contributed by atoms with Crippen molar-refractivity contribution < 1.29 is 22.3 Å². The molecule has 1 aliphatic rings. The summed E-state index contributed by atoms with van der Waals surface area (Å²) in [6, 6.07) is 12.1. The minimum Gasteiger partial charge on any atom is -0.497 e. The minimum absolute atomic E-state index is 0.0976. The number of anilines is 1. The molecule has 0 atom stereocenters. The van der Waals surface area contributed by atoms with Gasteiger partial charge < -0.3 is 18.8 Å². The van der Waals surface area contributed by atoms with Gasteiger partial charge in [-0.2, -0.15) is 4.31 Å². The SMILES string of the molecule is COc1ccc(OC)c(S(=O)(=O)N2CCN(c3ccc(-c4ccco4)nn3)CC2)c1. The third kappa shape index (κ3) is 3.83. The van der Waals surface area contributed by atoms with Gasteiger partial charge in [-0.25, -0.2) is 8.42 Å². The molecule has 0 aliphatic carbocycles. The zero-order valence-corrected chi connectivity index (χ0v) is 17.5. The van der Waals surface area contributed by atoms with Crippen LogP contribution in [0.15, 0.2) is 58.0 Å². The maximum absolute atomic E-state index is 13.2. The highest BCUT2D eigenvalue weighted by Gasteiger charge is 2.31. The van der Waals surface area contributed by atoms with Crippen LogP contribution in [0.3, 0.4) is 0 Å². The van der Waals surface area contributed by atoms with E-state index < -0.39 is 10.0 Å². The number of nitrogens with zero attached hydrogens (tertiary/aromatic N) is 4. The van der Waals surface area contributed by atoms with Gasteiger partial charge in [-0.3, -0.25) is 0 Å². The standard InChI is InChI=1S/C20H22N4O5S/c1-27-15-5-7-18(28-2)19(14-15)30(25,26)24-11-9-23(10-12-24)20-8-6-16(21-22-20)17-4-3-13-29-17/h3-8,13-14H,9-12H2,1-2H3. The van der Waals surface area contributed by atoms with Gasteiger partial charge in [0.05, 0.1) is 20.5 Å². The van der Waals surface area contributed by atoms with Gasteiger partial charge >= 0.3 is 0 Å². The number of aromatic nitrogens is 2. The van der Waals surface area contributed by atoms with Crippen LogP contribution in [0, 0.1) is 0 Å². The molecule has 3 heterocycles. The fourth-order valence-electron chi connectivity index (χ4n) is 3.33. The highest BCUT2D eigenvalue weighted by molar-refractivity contribution is 7.89. The molecule has 1 aromatic carbocycles. The lowest BCUT2D eigenvalue weighted by Gasteiger charge is -2.34. The maximum atomic E-state index is 13.2. The molecule has 1 fully saturated rings. The molecule has 1 saturated heterocycles. The summed E-state index contributed by atoms with van der Waals surface area (Å²) < 4.78 is 43.6. The number of piperazine rings is 1. The van der Waals surface area contributed by atoms with Crippen LogP contribution >= 0.6 is 0 Å².